The molecule has 8 nitrogen and oxygen atoms in total. The van der Waals surface area contributed by atoms with E-state index in [2.05, 4.69) is 72.6 Å². The van der Waals surface area contributed by atoms with Gasteiger partial charge in [-0.05, 0) is 49.2 Å². The minimum Gasteiger partial charge on any atom is -0.363 e. The van der Waals surface area contributed by atoms with Gasteiger partial charge in [0.1, 0.15) is 0 Å². The number of benzene rings is 1. The Kier molecular flexibility index (Phi) is 13.5. The van der Waals surface area contributed by atoms with Gasteiger partial charge in [-0.2, -0.15) is 9.61 Å². The third kappa shape index (κ3) is 10.6. The Balaban J connectivity index is 1.66. The summed E-state index contributed by atoms with van der Waals surface area (Å²) < 4.78 is 28.5. The molecule has 11 heteroatoms. The largest absolute Gasteiger partial charge is 0.363 e. The molecule has 0 saturated heterocycles. The lowest BCUT2D eigenvalue weighted by molar-refractivity contribution is 0.559. The van der Waals surface area contributed by atoms with Crippen LogP contribution in [0, 0.1) is 0 Å². The van der Waals surface area contributed by atoms with Crippen LogP contribution in [0.5, 0.6) is 0 Å². The molecule has 0 radical (unpaired) electrons. The fraction of sp³-hybridized carbons (Fsp3) is 0.583. The molecule has 0 atom stereocenters. The van der Waals surface area contributed by atoms with Crippen molar-refractivity contribution >= 4 is 55.4 Å². The zero-order valence-corrected chi connectivity index (χ0v) is 31.5. The van der Waals surface area contributed by atoms with E-state index in [0.29, 0.717) is 27.7 Å². The van der Waals surface area contributed by atoms with Crippen LogP contribution in [0.3, 0.4) is 0 Å². The summed E-state index contributed by atoms with van der Waals surface area (Å²) in [7, 11) is -3.53. The third-order valence-corrected chi connectivity index (χ3v) is 10.3. The lowest BCUT2D eigenvalue weighted by Gasteiger charge is -2.23. The van der Waals surface area contributed by atoms with Crippen LogP contribution in [-0.2, 0) is 15.4 Å². The van der Waals surface area contributed by atoms with Crippen molar-refractivity contribution in [2.45, 2.75) is 117 Å². The van der Waals surface area contributed by atoms with E-state index in [-0.39, 0.29) is 5.41 Å². The number of halogens is 1. The van der Waals surface area contributed by atoms with Crippen LogP contribution in [0.25, 0.3) is 23.1 Å². The van der Waals surface area contributed by atoms with Crippen molar-refractivity contribution in [3.63, 3.8) is 0 Å². The first kappa shape index (κ1) is 37.1. The SMILES string of the molecule is CCCCCCCCN(CCCCCCCC)c1ccc(/C=c2/c(C(C)(C)C)nn3c(-c4cc(Cl)ccc4NS(C)(=O)=O)nnc23)s1. The minimum absolute atomic E-state index is 0.270. The lowest BCUT2D eigenvalue weighted by atomic mass is 9.91. The van der Waals surface area contributed by atoms with Gasteiger partial charge in [-0.15, -0.1) is 21.5 Å². The molecule has 0 unspecified atom stereocenters. The Morgan fingerprint density at radius 3 is 2.11 bits per heavy atom. The number of aromatic nitrogens is 4. The summed E-state index contributed by atoms with van der Waals surface area (Å²) in [6.07, 6.45) is 18.8. The summed E-state index contributed by atoms with van der Waals surface area (Å²) in [4.78, 5) is 3.73. The monoisotopic (exact) mass is 700 g/mol. The van der Waals surface area contributed by atoms with Gasteiger partial charge in [-0.1, -0.05) is 110 Å². The zero-order valence-electron chi connectivity index (χ0n) is 29.1. The van der Waals surface area contributed by atoms with Crippen LogP contribution in [0.1, 0.15) is 122 Å². The third-order valence-electron chi connectivity index (χ3n) is 8.34. The molecule has 1 N–H and O–H groups in total. The number of hydrogen-bond donors (Lipinski definition) is 1. The van der Waals surface area contributed by atoms with Crippen molar-refractivity contribution in [2.24, 2.45) is 0 Å². The Hall–Kier alpha value is -2.69. The molecular weight excluding hydrogens is 648 g/mol. The summed E-state index contributed by atoms with van der Waals surface area (Å²) in [5.74, 6) is 0.426. The Morgan fingerprint density at radius 1 is 0.894 bits per heavy atom. The maximum atomic E-state index is 12.1. The van der Waals surface area contributed by atoms with Crippen molar-refractivity contribution in [2.75, 3.05) is 29.0 Å². The van der Waals surface area contributed by atoms with E-state index in [1.54, 1.807) is 22.7 Å². The minimum atomic E-state index is -3.53. The Morgan fingerprint density at radius 2 is 1.51 bits per heavy atom. The molecule has 47 heavy (non-hydrogen) atoms. The number of nitrogens with zero attached hydrogens (tertiary/aromatic N) is 5. The van der Waals surface area contributed by atoms with E-state index in [0.717, 1.165) is 35.1 Å². The fourth-order valence-corrected chi connectivity index (χ4v) is 7.63. The van der Waals surface area contributed by atoms with Crippen LogP contribution in [0.2, 0.25) is 5.02 Å². The molecule has 1 aromatic carbocycles. The van der Waals surface area contributed by atoms with Gasteiger partial charge < -0.3 is 4.90 Å². The first-order valence-electron chi connectivity index (χ1n) is 17.3. The van der Waals surface area contributed by atoms with Crippen LogP contribution in [-0.4, -0.2) is 47.6 Å². The number of hydrogen-bond acceptors (Lipinski definition) is 7. The number of anilines is 2. The fourth-order valence-electron chi connectivity index (χ4n) is 5.88. The highest BCUT2D eigenvalue weighted by atomic mass is 35.5. The van der Waals surface area contributed by atoms with E-state index in [4.69, 9.17) is 16.7 Å². The molecule has 0 saturated carbocycles. The van der Waals surface area contributed by atoms with Gasteiger partial charge in [-0.3, -0.25) is 4.72 Å². The molecular formula is C36H53ClN6O2S2. The van der Waals surface area contributed by atoms with Crippen LogP contribution in [0.4, 0.5) is 10.7 Å². The predicted octanol–water partition coefficient (Wildman–Crippen LogP) is 9.25. The topological polar surface area (TPSA) is 92.5 Å². The molecule has 3 aromatic heterocycles. The van der Waals surface area contributed by atoms with E-state index < -0.39 is 10.0 Å². The van der Waals surface area contributed by atoms with Crippen LogP contribution < -0.4 is 14.8 Å². The van der Waals surface area contributed by atoms with Gasteiger partial charge in [0.15, 0.2) is 11.5 Å². The highest BCUT2D eigenvalue weighted by Crippen LogP contribution is 2.32. The summed E-state index contributed by atoms with van der Waals surface area (Å²) in [5.41, 5.74) is 2.14. The predicted molar refractivity (Wildman–Crippen MR) is 200 cm³/mol. The average Bonchev–Trinajstić information content (AvgIpc) is 3.72. The summed E-state index contributed by atoms with van der Waals surface area (Å²) >= 11 is 8.17. The standard InChI is InChI=1S/C36H53ClN6O2S2/c1-7-9-11-13-15-17-23-42(24-18-16-14-12-10-8-2)32-22-20-28(46-32)26-30-33(36(3,4)5)40-43-34(38-39-35(30)43)29-25-27(37)19-21-31(29)41-47(6,44)45/h19-22,25-26,41H,7-18,23-24H2,1-6H3/b30-26-. The molecule has 0 aliphatic heterocycles. The number of sulfonamides is 1. The van der Waals surface area contributed by atoms with Crippen molar-refractivity contribution in [1.82, 2.24) is 19.8 Å². The maximum absolute atomic E-state index is 12.1. The van der Waals surface area contributed by atoms with Crippen molar-refractivity contribution in [1.29, 1.82) is 0 Å². The second-order valence-corrected chi connectivity index (χ2v) is 17.0. The average molecular weight is 701 g/mol. The Labute approximate surface area is 291 Å². The second-order valence-electron chi connectivity index (χ2n) is 13.7. The van der Waals surface area contributed by atoms with E-state index in [1.165, 1.54) is 82.1 Å². The second kappa shape index (κ2) is 17.1. The maximum Gasteiger partial charge on any atom is 0.229 e. The molecule has 0 amide bonds. The van der Waals surface area contributed by atoms with Gasteiger partial charge >= 0.3 is 0 Å². The summed E-state index contributed by atoms with van der Waals surface area (Å²) in [6.45, 7) is 13.1. The first-order valence-corrected chi connectivity index (χ1v) is 20.4. The van der Waals surface area contributed by atoms with Gasteiger partial charge in [-0.25, -0.2) is 8.42 Å². The zero-order chi connectivity index (χ0) is 34.0. The molecule has 0 bridgehead atoms. The summed E-state index contributed by atoms with van der Waals surface area (Å²) in [6, 6.07) is 9.43. The highest BCUT2D eigenvalue weighted by molar-refractivity contribution is 7.92. The van der Waals surface area contributed by atoms with Crippen molar-refractivity contribution in [3.8, 4) is 11.4 Å². The Bertz CT molecular complexity index is 1730. The molecule has 4 rings (SSSR count). The summed E-state index contributed by atoms with van der Waals surface area (Å²) in [5, 5.41) is 16.7. The number of thiophene rings is 1. The van der Waals surface area contributed by atoms with E-state index in [9.17, 15) is 8.42 Å². The molecule has 3 heterocycles. The van der Waals surface area contributed by atoms with Gasteiger partial charge in [0.2, 0.25) is 10.0 Å². The first-order chi connectivity index (χ1) is 22.4. The van der Waals surface area contributed by atoms with E-state index >= 15 is 0 Å². The van der Waals surface area contributed by atoms with Crippen molar-refractivity contribution in [3.05, 3.63) is 51.1 Å². The molecule has 4 aromatic rings. The molecule has 0 spiro atoms. The van der Waals surface area contributed by atoms with E-state index in [1.807, 2.05) is 11.3 Å². The van der Waals surface area contributed by atoms with Gasteiger partial charge in [0.05, 0.1) is 22.6 Å². The van der Waals surface area contributed by atoms with Gasteiger partial charge in [0.25, 0.3) is 0 Å². The molecule has 0 aliphatic rings. The molecule has 0 aliphatic carbocycles. The number of rotatable bonds is 19. The van der Waals surface area contributed by atoms with Crippen LogP contribution >= 0.6 is 22.9 Å². The molecule has 258 valence electrons. The van der Waals surface area contributed by atoms with Crippen molar-refractivity contribution < 1.29 is 8.42 Å². The quantitative estimate of drug-likeness (QED) is 0.0981. The number of nitrogens with one attached hydrogen (secondary N) is 1. The van der Waals surface area contributed by atoms with Gasteiger partial charge in [0, 0.05) is 39.2 Å². The lowest BCUT2D eigenvalue weighted by Crippen LogP contribution is -2.24. The number of unbranched alkanes of at least 4 members (excludes halogenated alkanes) is 10. The normalized spacial score (nSPS) is 12.8. The smallest absolute Gasteiger partial charge is 0.229 e. The molecule has 0 fully saturated rings. The van der Waals surface area contributed by atoms with Crippen LogP contribution in [0.15, 0.2) is 30.3 Å². The number of fused-ring (bicyclic) bond motifs is 1. The highest BCUT2D eigenvalue weighted by Gasteiger charge is 2.25.